The van der Waals surface area contributed by atoms with Crippen LogP contribution >= 0.6 is 0 Å². The lowest BCUT2D eigenvalue weighted by molar-refractivity contribution is 0.0551. The zero-order chi connectivity index (χ0) is 6.69. The molecular formula is C7H14NO. The van der Waals surface area contributed by atoms with Gasteiger partial charge in [-0.25, -0.2) is 0 Å². The third-order valence-electron chi connectivity index (χ3n) is 1.81. The lowest BCUT2D eigenvalue weighted by Crippen LogP contribution is -2.32. The fourth-order valence-corrected chi connectivity index (χ4v) is 1.13. The molecule has 0 bridgehead atoms. The number of ether oxygens (including phenoxy) is 1. The first-order chi connectivity index (χ1) is 4.30. The van der Waals surface area contributed by atoms with Crippen LogP contribution in [0.1, 0.15) is 12.8 Å². The molecule has 1 fully saturated rings. The molecule has 1 aliphatic rings. The Hall–Kier alpha value is -0.0800. The lowest BCUT2D eigenvalue weighted by atomic mass is 10.1. The normalized spacial score (nSPS) is 23.0. The summed E-state index contributed by atoms with van der Waals surface area (Å²) in [5.41, 5.74) is 0. The molecule has 0 saturated carbocycles. The van der Waals surface area contributed by atoms with Crippen LogP contribution in [0.25, 0.3) is 0 Å². The predicted molar refractivity (Wildman–Crippen MR) is 37.0 cm³/mol. The van der Waals surface area contributed by atoms with E-state index < -0.39 is 0 Å². The van der Waals surface area contributed by atoms with E-state index in [1.165, 1.54) is 0 Å². The molecule has 0 amide bonds. The van der Waals surface area contributed by atoms with Gasteiger partial charge in [0, 0.05) is 26.3 Å². The van der Waals surface area contributed by atoms with Crippen molar-refractivity contribution in [1.29, 1.82) is 0 Å². The monoisotopic (exact) mass is 128 g/mol. The van der Waals surface area contributed by atoms with Crippen LogP contribution in [0.2, 0.25) is 0 Å². The van der Waals surface area contributed by atoms with E-state index in [1.54, 1.807) is 0 Å². The van der Waals surface area contributed by atoms with Gasteiger partial charge in [-0.15, -0.1) is 0 Å². The van der Waals surface area contributed by atoms with E-state index >= 15 is 0 Å². The molecule has 0 aromatic heterocycles. The summed E-state index contributed by atoms with van der Waals surface area (Å²) < 4.78 is 5.20. The maximum absolute atomic E-state index is 5.20. The Morgan fingerprint density at radius 3 is 2.33 bits per heavy atom. The Balaban J connectivity index is 2.23. The van der Waals surface area contributed by atoms with Crippen LogP contribution in [-0.4, -0.2) is 31.2 Å². The maximum Gasteiger partial charge on any atom is 0.0480 e. The molecule has 1 rings (SSSR count). The SMILES string of the molecule is [CH2]N(C)C1CCOCC1. The van der Waals surface area contributed by atoms with E-state index in [0.29, 0.717) is 6.04 Å². The summed E-state index contributed by atoms with van der Waals surface area (Å²) in [4.78, 5) is 2.03. The van der Waals surface area contributed by atoms with E-state index in [9.17, 15) is 0 Å². The van der Waals surface area contributed by atoms with Crippen molar-refractivity contribution in [2.45, 2.75) is 18.9 Å². The summed E-state index contributed by atoms with van der Waals surface area (Å²) in [6, 6.07) is 0.652. The summed E-state index contributed by atoms with van der Waals surface area (Å²) >= 11 is 0. The van der Waals surface area contributed by atoms with Crippen LogP contribution in [0.4, 0.5) is 0 Å². The molecule has 0 aromatic rings. The average Bonchev–Trinajstić information content (AvgIpc) is 1.90. The lowest BCUT2D eigenvalue weighted by Gasteiger charge is -2.27. The Labute approximate surface area is 56.8 Å². The van der Waals surface area contributed by atoms with Crippen molar-refractivity contribution < 1.29 is 4.74 Å². The minimum Gasteiger partial charge on any atom is -0.381 e. The van der Waals surface area contributed by atoms with Crippen LogP contribution < -0.4 is 0 Å². The van der Waals surface area contributed by atoms with E-state index in [-0.39, 0.29) is 0 Å². The minimum absolute atomic E-state index is 0.652. The predicted octanol–water partition coefficient (Wildman–Crippen LogP) is 0.889. The largest absolute Gasteiger partial charge is 0.381 e. The molecule has 1 heterocycles. The number of rotatable bonds is 1. The van der Waals surface area contributed by atoms with Gasteiger partial charge < -0.3 is 9.64 Å². The first-order valence-electron chi connectivity index (χ1n) is 3.42. The second-order valence-corrected chi connectivity index (χ2v) is 2.60. The van der Waals surface area contributed by atoms with Gasteiger partial charge in [-0.3, -0.25) is 0 Å². The molecule has 0 aliphatic carbocycles. The third kappa shape index (κ3) is 1.95. The fourth-order valence-electron chi connectivity index (χ4n) is 1.13. The third-order valence-corrected chi connectivity index (χ3v) is 1.81. The number of hydrogen-bond acceptors (Lipinski definition) is 2. The van der Waals surface area contributed by atoms with Gasteiger partial charge in [0.15, 0.2) is 0 Å². The van der Waals surface area contributed by atoms with Crippen molar-refractivity contribution in [2.75, 3.05) is 20.3 Å². The topological polar surface area (TPSA) is 12.5 Å². The quantitative estimate of drug-likeness (QED) is 0.520. The van der Waals surface area contributed by atoms with Gasteiger partial charge >= 0.3 is 0 Å². The van der Waals surface area contributed by atoms with Gasteiger partial charge in [0.05, 0.1) is 0 Å². The second kappa shape index (κ2) is 3.18. The zero-order valence-electron chi connectivity index (χ0n) is 5.97. The molecule has 0 unspecified atom stereocenters. The first kappa shape index (κ1) is 7.03. The minimum atomic E-state index is 0.652. The Morgan fingerprint density at radius 1 is 1.44 bits per heavy atom. The smallest absolute Gasteiger partial charge is 0.0480 e. The van der Waals surface area contributed by atoms with Crippen molar-refractivity contribution in [3.8, 4) is 0 Å². The fraction of sp³-hybridized carbons (Fsp3) is 0.857. The Kier molecular flexibility index (Phi) is 2.49. The zero-order valence-corrected chi connectivity index (χ0v) is 5.97. The maximum atomic E-state index is 5.20. The summed E-state index contributed by atoms with van der Waals surface area (Å²) in [6.07, 6.45) is 2.28. The molecular weight excluding hydrogens is 114 g/mol. The van der Waals surface area contributed by atoms with Gasteiger partial charge in [-0.2, -0.15) is 0 Å². The second-order valence-electron chi connectivity index (χ2n) is 2.60. The summed E-state index contributed by atoms with van der Waals surface area (Å²) in [5.74, 6) is 0. The number of nitrogens with zero attached hydrogens (tertiary/aromatic N) is 1. The van der Waals surface area contributed by atoms with E-state index in [0.717, 1.165) is 26.1 Å². The van der Waals surface area contributed by atoms with Crippen molar-refractivity contribution in [2.24, 2.45) is 0 Å². The van der Waals surface area contributed by atoms with Crippen molar-refractivity contribution in [1.82, 2.24) is 4.90 Å². The standard InChI is InChI=1S/C7H14NO/c1-8(2)7-3-5-9-6-4-7/h7H,1,3-6H2,2H3. The van der Waals surface area contributed by atoms with E-state index in [4.69, 9.17) is 4.74 Å². The molecule has 53 valence electrons. The molecule has 1 radical (unpaired) electrons. The first-order valence-corrected chi connectivity index (χ1v) is 3.42. The van der Waals surface area contributed by atoms with Gasteiger partial charge in [-0.05, 0) is 19.9 Å². The van der Waals surface area contributed by atoms with Crippen molar-refractivity contribution >= 4 is 0 Å². The number of hydrogen-bond donors (Lipinski definition) is 0. The van der Waals surface area contributed by atoms with Crippen LogP contribution in [0, 0.1) is 7.05 Å². The van der Waals surface area contributed by atoms with Crippen LogP contribution in [0.3, 0.4) is 0 Å². The Morgan fingerprint density at radius 2 is 2.00 bits per heavy atom. The highest BCUT2D eigenvalue weighted by molar-refractivity contribution is 4.70. The van der Waals surface area contributed by atoms with E-state index in [2.05, 4.69) is 7.05 Å². The molecule has 1 aliphatic heterocycles. The molecule has 2 heteroatoms. The molecule has 2 nitrogen and oxygen atoms in total. The van der Waals surface area contributed by atoms with E-state index in [1.807, 2.05) is 11.9 Å². The highest BCUT2D eigenvalue weighted by atomic mass is 16.5. The molecule has 0 aromatic carbocycles. The van der Waals surface area contributed by atoms with Crippen molar-refractivity contribution in [3.05, 3.63) is 7.05 Å². The molecule has 0 spiro atoms. The molecule has 9 heavy (non-hydrogen) atoms. The van der Waals surface area contributed by atoms with Crippen LogP contribution in [0.15, 0.2) is 0 Å². The highest BCUT2D eigenvalue weighted by Crippen LogP contribution is 2.10. The average molecular weight is 128 g/mol. The van der Waals surface area contributed by atoms with Gasteiger partial charge in [-0.1, -0.05) is 0 Å². The van der Waals surface area contributed by atoms with Crippen LogP contribution in [0.5, 0.6) is 0 Å². The van der Waals surface area contributed by atoms with Crippen LogP contribution in [-0.2, 0) is 4.74 Å². The summed E-state index contributed by atoms with van der Waals surface area (Å²) in [6.45, 7) is 1.81. The Bertz CT molecular complexity index is 77.0. The summed E-state index contributed by atoms with van der Waals surface area (Å²) in [5, 5.41) is 0. The molecule has 1 saturated heterocycles. The highest BCUT2D eigenvalue weighted by Gasteiger charge is 2.14. The van der Waals surface area contributed by atoms with Gasteiger partial charge in [0.25, 0.3) is 0 Å². The van der Waals surface area contributed by atoms with Gasteiger partial charge in [0.1, 0.15) is 0 Å². The molecule has 0 atom stereocenters. The summed E-state index contributed by atoms with van der Waals surface area (Å²) in [7, 11) is 5.86. The molecule has 0 N–H and O–H groups in total. The van der Waals surface area contributed by atoms with Gasteiger partial charge in [0.2, 0.25) is 0 Å². The van der Waals surface area contributed by atoms with Crippen molar-refractivity contribution in [3.63, 3.8) is 0 Å².